The Morgan fingerprint density at radius 1 is 1.34 bits per heavy atom. The van der Waals surface area contributed by atoms with Crippen LogP contribution < -0.4 is 16.4 Å². The van der Waals surface area contributed by atoms with Gasteiger partial charge in [-0.1, -0.05) is 12.1 Å². The summed E-state index contributed by atoms with van der Waals surface area (Å²) in [5, 5.41) is 16.9. The Balaban J connectivity index is 1.93. The molecule has 1 amide bonds. The minimum Gasteiger partial charge on any atom is -0.382 e. The maximum Gasteiger partial charge on any atom is 0.348 e. The lowest BCUT2D eigenvalue weighted by Gasteiger charge is -2.16. The fourth-order valence-corrected chi connectivity index (χ4v) is 3.19. The second-order valence-electron chi connectivity index (χ2n) is 6.13. The highest BCUT2D eigenvalue weighted by atomic mass is 32.1. The van der Waals surface area contributed by atoms with Crippen LogP contribution in [-0.2, 0) is 9.47 Å². The molecule has 29 heavy (non-hydrogen) atoms. The van der Waals surface area contributed by atoms with Crippen LogP contribution in [0, 0.1) is 17.0 Å². The number of benzene rings is 1. The van der Waals surface area contributed by atoms with Crippen LogP contribution in [0.4, 0.5) is 15.8 Å². The number of carbonyl (C=O) groups is 1. The summed E-state index contributed by atoms with van der Waals surface area (Å²) in [6, 6.07) is 6.99. The maximum absolute atomic E-state index is 12.6. The summed E-state index contributed by atoms with van der Waals surface area (Å²) in [4.78, 5) is 27.1. The van der Waals surface area contributed by atoms with Gasteiger partial charge in [-0.3, -0.25) is 20.2 Å². The number of amides is 1. The van der Waals surface area contributed by atoms with Crippen LogP contribution >= 0.6 is 11.3 Å². The molecule has 0 spiro atoms. The topological polar surface area (TPSA) is 142 Å². The fourth-order valence-electron chi connectivity index (χ4n) is 2.42. The van der Waals surface area contributed by atoms with Crippen molar-refractivity contribution in [1.29, 1.82) is 0 Å². The number of aromatic nitrogens is 1. The molecule has 0 saturated carbocycles. The molecule has 1 aromatic heterocycles. The molecule has 1 unspecified atom stereocenters. The summed E-state index contributed by atoms with van der Waals surface area (Å²) in [6.45, 7) is 5.83. The molecule has 2 aromatic rings. The second-order valence-corrected chi connectivity index (χ2v) is 7.11. The molecule has 0 aliphatic heterocycles. The van der Waals surface area contributed by atoms with Crippen molar-refractivity contribution in [1.82, 2.24) is 4.98 Å². The van der Waals surface area contributed by atoms with Crippen molar-refractivity contribution in [3.8, 4) is 0 Å². The molecule has 0 bridgehead atoms. The zero-order chi connectivity index (χ0) is 21.2. The third kappa shape index (κ3) is 7.06. The van der Waals surface area contributed by atoms with Gasteiger partial charge in [-0.25, -0.2) is 4.98 Å². The largest absolute Gasteiger partial charge is 0.382 e. The molecular formula is C18H25N5O5S. The van der Waals surface area contributed by atoms with E-state index in [1.165, 1.54) is 6.92 Å². The van der Waals surface area contributed by atoms with Crippen molar-refractivity contribution < 1.29 is 19.2 Å². The van der Waals surface area contributed by atoms with Crippen LogP contribution in [0.1, 0.15) is 23.0 Å². The van der Waals surface area contributed by atoms with Gasteiger partial charge in [-0.2, -0.15) is 0 Å². The van der Waals surface area contributed by atoms with E-state index in [0.29, 0.717) is 44.2 Å². The van der Waals surface area contributed by atoms with Crippen molar-refractivity contribution in [3.63, 3.8) is 0 Å². The number of carbonyl (C=O) groups excluding carboxylic acids is 1. The van der Waals surface area contributed by atoms with E-state index in [9.17, 15) is 14.9 Å². The first-order valence-corrected chi connectivity index (χ1v) is 9.89. The molecule has 1 heterocycles. The van der Waals surface area contributed by atoms with Gasteiger partial charge in [0.05, 0.1) is 36.4 Å². The van der Waals surface area contributed by atoms with E-state index in [4.69, 9.17) is 15.2 Å². The van der Waals surface area contributed by atoms with Gasteiger partial charge in [0, 0.05) is 18.8 Å². The summed E-state index contributed by atoms with van der Waals surface area (Å²) >= 11 is 0.827. The van der Waals surface area contributed by atoms with E-state index in [1.807, 2.05) is 13.0 Å². The lowest BCUT2D eigenvalue weighted by Crippen LogP contribution is -2.23. The van der Waals surface area contributed by atoms with Crippen molar-refractivity contribution in [2.75, 3.05) is 43.5 Å². The molecule has 1 aromatic carbocycles. The van der Waals surface area contributed by atoms with Gasteiger partial charge >= 0.3 is 5.00 Å². The van der Waals surface area contributed by atoms with Gasteiger partial charge in [0.15, 0.2) is 5.13 Å². The number of aryl methyl sites for hydroxylation is 1. The summed E-state index contributed by atoms with van der Waals surface area (Å²) in [7, 11) is 0. The summed E-state index contributed by atoms with van der Waals surface area (Å²) in [5.74, 6) is -0.402. The molecule has 0 fully saturated rings. The first-order valence-electron chi connectivity index (χ1n) is 9.07. The number of rotatable bonds is 12. The standard InChI is InChI=1S/C18H25N5O5S/c1-12(28-10-9-27-8-7-19)11-20-15-6-4-3-5-14(15)16(24)22-18-21-13(2)17(29-18)23(25)26/h3-6,12,20H,7-11,19H2,1-2H3,(H,21,22,24). The lowest BCUT2D eigenvalue weighted by molar-refractivity contribution is -0.380. The number of thiazole rings is 1. The number of para-hydroxylation sites is 1. The second kappa shape index (κ2) is 11.4. The molecule has 2 rings (SSSR count). The number of anilines is 2. The molecule has 1 atom stereocenters. The van der Waals surface area contributed by atoms with Gasteiger partial charge in [0.25, 0.3) is 5.91 Å². The van der Waals surface area contributed by atoms with E-state index in [1.54, 1.807) is 18.2 Å². The zero-order valence-corrected chi connectivity index (χ0v) is 17.2. The molecule has 0 radical (unpaired) electrons. The van der Waals surface area contributed by atoms with Crippen LogP contribution in [0.2, 0.25) is 0 Å². The van der Waals surface area contributed by atoms with Crippen molar-refractivity contribution in [3.05, 3.63) is 45.6 Å². The van der Waals surface area contributed by atoms with Gasteiger partial charge in [-0.05, 0) is 37.3 Å². The number of nitro groups is 1. The first-order chi connectivity index (χ1) is 13.9. The van der Waals surface area contributed by atoms with Gasteiger partial charge in [-0.15, -0.1) is 0 Å². The van der Waals surface area contributed by atoms with E-state index < -0.39 is 10.8 Å². The van der Waals surface area contributed by atoms with E-state index in [0.717, 1.165) is 11.3 Å². The Morgan fingerprint density at radius 3 is 2.79 bits per heavy atom. The normalized spacial score (nSPS) is 11.8. The Labute approximate surface area is 172 Å². The predicted octanol–water partition coefficient (Wildman–Crippen LogP) is 2.40. The highest BCUT2D eigenvalue weighted by Gasteiger charge is 2.20. The number of hydrogen-bond acceptors (Lipinski definition) is 9. The molecule has 4 N–H and O–H groups in total. The third-order valence-corrected chi connectivity index (χ3v) is 4.83. The number of nitrogens with zero attached hydrogens (tertiary/aromatic N) is 2. The van der Waals surface area contributed by atoms with Crippen molar-refractivity contribution >= 4 is 33.1 Å². The number of nitrogens with one attached hydrogen (secondary N) is 2. The Bertz CT molecular complexity index is 829. The highest BCUT2D eigenvalue weighted by molar-refractivity contribution is 7.19. The monoisotopic (exact) mass is 423 g/mol. The van der Waals surface area contributed by atoms with E-state index >= 15 is 0 Å². The van der Waals surface area contributed by atoms with Crippen LogP contribution in [-0.4, -0.2) is 54.8 Å². The average molecular weight is 423 g/mol. The zero-order valence-electron chi connectivity index (χ0n) is 16.3. The molecule has 0 aliphatic carbocycles. The Morgan fingerprint density at radius 2 is 2.10 bits per heavy atom. The molecule has 11 heteroatoms. The van der Waals surface area contributed by atoms with Gasteiger partial charge in [0.2, 0.25) is 0 Å². The minimum atomic E-state index is -0.513. The molecule has 158 valence electrons. The van der Waals surface area contributed by atoms with Gasteiger partial charge < -0.3 is 20.5 Å². The SMILES string of the molecule is Cc1nc(NC(=O)c2ccccc2NCC(C)OCCOCCN)sc1[N+](=O)[O-]. The molecular weight excluding hydrogens is 398 g/mol. The van der Waals surface area contributed by atoms with Crippen LogP contribution in [0.3, 0.4) is 0 Å². The first kappa shape index (κ1) is 22.7. The maximum atomic E-state index is 12.6. The fraction of sp³-hybridized carbons (Fsp3) is 0.444. The van der Waals surface area contributed by atoms with Crippen LogP contribution in [0.15, 0.2) is 24.3 Å². The minimum absolute atomic E-state index is 0.0897. The van der Waals surface area contributed by atoms with Crippen LogP contribution in [0.25, 0.3) is 0 Å². The number of nitrogens with two attached hydrogens (primary N) is 1. The number of hydrogen-bond donors (Lipinski definition) is 3. The quantitative estimate of drug-likeness (QED) is 0.268. The van der Waals surface area contributed by atoms with Crippen LogP contribution in [0.5, 0.6) is 0 Å². The average Bonchev–Trinajstić information content (AvgIpc) is 3.06. The summed E-state index contributed by atoms with van der Waals surface area (Å²) < 4.78 is 10.9. The molecule has 0 aliphatic rings. The van der Waals surface area contributed by atoms with E-state index in [2.05, 4.69) is 15.6 Å². The summed E-state index contributed by atoms with van der Waals surface area (Å²) in [5.41, 5.74) is 6.65. The Kier molecular flexibility index (Phi) is 8.93. The third-order valence-electron chi connectivity index (χ3n) is 3.80. The lowest BCUT2D eigenvalue weighted by atomic mass is 10.1. The highest BCUT2D eigenvalue weighted by Crippen LogP contribution is 2.30. The Hall–Kier alpha value is -2.60. The smallest absolute Gasteiger partial charge is 0.348 e. The molecule has 0 saturated heterocycles. The summed E-state index contributed by atoms with van der Waals surface area (Å²) in [6.07, 6.45) is -0.100. The van der Waals surface area contributed by atoms with Crippen molar-refractivity contribution in [2.24, 2.45) is 5.73 Å². The van der Waals surface area contributed by atoms with Crippen molar-refractivity contribution in [2.45, 2.75) is 20.0 Å². The van der Waals surface area contributed by atoms with Gasteiger partial charge in [0.1, 0.15) is 5.69 Å². The number of ether oxygens (including phenoxy) is 2. The van der Waals surface area contributed by atoms with E-state index in [-0.39, 0.29) is 21.9 Å². The molecule has 10 nitrogen and oxygen atoms in total. The predicted molar refractivity (Wildman–Crippen MR) is 112 cm³/mol.